The standard InChI is InChI=1S/C12H15N3S2/c1-15(8-4-5-16-6-8)9-2-3-10-12(11(9)13)14-7-17-10/h2-3,7-8H,4-6,13H2,1H3. The van der Waals surface area contributed by atoms with Gasteiger partial charge >= 0.3 is 0 Å². The van der Waals surface area contributed by atoms with Crippen molar-refractivity contribution in [2.24, 2.45) is 0 Å². The number of nitrogens with zero attached hydrogens (tertiary/aromatic N) is 2. The van der Waals surface area contributed by atoms with E-state index in [4.69, 9.17) is 5.73 Å². The summed E-state index contributed by atoms with van der Waals surface area (Å²) in [6.45, 7) is 0. The van der Waals surface area contributed by atoms with Crippen molar-refractivity contribution in [1.82, 2.24) is 4.98 Å². The zero-order valence-corrected chi connectivity index (χ0v) is 11.4. The number of hydrogen-bond acceptors (Lipinski definition) is 5. The van der Waals surface area contributed by atoms with E-state index in [0.29, 0.717) is 6.04 Å². The molecule has 1 aromatic heterocycles. The summed E-state index contributed by atoms with van der Waals surface area (Å²) in [5.74, 6) is 2.46. The van der Waals surface area contributed by atoms with E-state index in [0.717, 1.165) is 16.9 Å². The van der Waals surface area contributed by atoms with Gasteiger partial charge in [-0.3, -0.25) is 0 Å². The number of benzene rings is 1. The van der Waals surface area contributed by atoms with Crippen LogP contribution in [-0.4, -0.2) is 29.6 Å². The smallest absolute Gasteiger partial charge is 0.106 e. The minimum Gasteiger partial charge on any atom is -0.395 e. The van der Waals surface area contributed by atoms with Crippen LogP contribution in [0, 0.1) is 0 Å². The second kappa shape index (κ2) is 4.38. The molecule has 0 spiro atoms. The third kappa shape index (κ3) is 1.87. The summed E-state index contributed by atoms with van der Waals surface area (Å²) in [6, 6.07) is 4.86. The van der Waals surface area contributed by atoms with Gasteiger partial charge in [0, 0.05) is 18.8 Å². The molecule has 0 saturated carbocycles. The molecule has 1 aliphatic rings. The minimum absolute atomic E-state index is 0.610. The molecule has 2 aromatic rings. The van der Waals surface area contributed by atoms with E-state index in [2.05, 4.69) is 29.1 Å². The Hall–Kier alpha value is -0.940. The molecule has 2 N–H and O–H groups in total. The zero-order valence-electron chi connectivity index (χ0n) is 9.72. The monoisotopic (exact) mass is 265 g/mol. The quantitative estimate of drug-likeness (QED) is 0.848. The Kier molecular flexibility index (Phi) is 2.88. The first-order valence-electron chi connectivity index (χ1n) is 5.69. The van der Waals surface area contributed by atoms with Crippen LogP contribution in [0.2, 0.25) is 0 Å². The number of hydrogen-bond donors (Lipinski definition) is 1. The van der Waals surface area contributed by atoms with Crippen molar-refractivity contribution in [3.8, 4) is 0 Å². The van der Waals surface area contributed by atoms with Gasteiger partial charge in [-0.2, -0.15) is 11.8 Å². The van der Waals surface area contributed by atoms with E-state index in [9.17, 15) is 0 Å². The first-order valence-corrected chi connectivity index (χ1v) is 7.73. The molecule has 1 unspecified atom stereocenters. The summed E-state index contributed by atoms with van der Waals surface area (Å²) in [4.78, 5) is 6.66. The van der Waals surface area contributed by atoms with Crippen molar-refractivity contribution in [3.05, 3.63) is 17.6 Å². The number of fused-ring (bicyclic) bond motifs is 1. The Bertz CT molecular complexity index is 532. The Morgan fingerprint density at radius 3 is 3.12 bits per heavy atom. The average Bonchev–Trinajstić information content (AvgIpc) is 3.00. The SMILES string of the molecule is CN(c1ccc2scnc2c1N)C1CCSC1. The van der Waals surface area contributed by atoms with Gasteiger partial charge in [0.05, 0.1) is 21.6 Å². The van der Waals surface area contributed by atoms with Crippen molar-refractivity contribution < 1.29 is 0 Å². The van der Waals surface area contributed by atoms with E-state index in [-0.39, 0.29) is 0 Å². The second-order valence-corrected chi connectivity index (χ2v) is 6.36. The van der Waals surface area contributed by atoms with Crippen molar-refractivity contribution in [1.29, 1.82) is 0 Å². The molecule has 0 radical (unpaired) electrons. The molecule has 5 heteroatoms. The van der Waals surface area contributed by atoms with Gasteiger partial charge in [-0.25, -0.2) is 4.98 Å². The van der Waals surface area contributed by atoms with Crippen LogP contribution in [0.1, 0.15) is 6.42 Å². The molecule has 0 aliphatic carbocycles. The Morgan fingerprint density at radius 2 is 2.35 bits per heavy atom. The van der Waals surface area contributed by atoms with Crippen LogP contribution in [0.4, 0.5) is 11.4 Å². The molecule has 3 nitrogen and oxygen atoms in total. The van der Waals surface area contributed by atoms with Gasteiger partial charge in [0.2, 0.25) is 0 Å². The molecular weight excluding hydrogens is 250 g/mol. The van der Waals surface area contributed by atoms with E-state index < -0.39 is 0 Å². The highest BCUT2D eigenvalue weighted by Crippen LogP contribution is 2.34. The third-order valence-corrected chi connectivity index (χ3v) is 5.29. The van der Waals surface area contributed by atoms with Crippen molar-refractivity contribution >= 4 is 44.7 Å². The molecule has 0 amide bonds. The lowest BCUT2D eigenvalue weighted by atomic mass is 10.1. The fourth-order valence-electron chi connectivity index (χ4n) is 2.27. The molecule has 1 fully saturated rings. The molecule has 1 aromatic carbocycles. The lowest BCUT2D eigenvalue weighted by Crippen LogP contribution is -2.31. The van der Waals surface area contributed by atoms with Gasteiger partial charge in [-0.15, -0.1) is 11.3 Å². The maximum absolute atomic E-state index is 6.23. The van der Waals surface area contributed by atoms with Gasteiger partial charge in [0.25, 0.3) is 0 Å². The van der Waals surface area contributed by atoms with Gasteiger partial charge in [-0.05, 0) is 24.3 Å². The van der Waals surface area contributed by atoms with E-state index >= 15 is 0 Å². The molecule has 90 valence electrons. The van der Waals surface area contributed by atoms with Gasteiger partial charge < -0.3 is 10.6 Å². The maximum atomic E-state index is 6.23. The van der Waals surface area contributed by atoms with Crippen LogP contribution < -0.4 is 10.6 Å². The van der Waals surface area contributed by atoms with Crippen molar-refractivity contribution in [2.45, 2.75) is 12.5 Å². The van der Waals surface area contributed by atoms with Crippen molar-refractivity contribution in [2.75, 3.05) is 29.2 Å². The molecule has 1 atom stereocenters. The number of anilines is 2. The van der Waals surface area contributed by atoms with E-state index in [1.54, 1.807) is 11.3 Å². The molecule has 0 bridgehead atoms. The highest BCUT2D eigenvalue weighted by atomic mass is 32.2. The lowest BCUT2D eigenvalue weighted by molar-refractivity contribution is 0.701. The van der Waals surface area contributed by atoms with Crippen LogP contribution in [0.3, 0.4) is 0 Å². The summed E-state index contributed by atoms with van der Waals surface area (Å²) >= 11 is 3.66. The second-order valence-electron chi connectivity index (χ2n) is 4.33. The minimum atomic E-state index is 0.610. The average molecular weight is 265 g/mol. The fourth-order valence-corrected chi connectivity index (χ4v) is 4.23. The third-order valence-electron chi connectivity index (χ3n) is 3.35. The molecule has 1 saturated heterocycles. The van der Waals surface area contributed by atoms with Crippen LogP contribution in [-0.2, 0) is 0 Å². The largest absolute Gasteiger partial charge is 0.395 e. The van der Waals surface area contributed by atoms with E-state index in [1.807, 2.05) is 17.3 Å². The Morgan fingerprint density at radius 1 is 1.47 bits per heavy atom. The number of nitrogen functional groups attached to an aromatic ring is 1. The highest BCUT2D eigenvalue weighted by molar-refractivity contribution is 7.99. The topological polar surface area (TPSA) is 42.2 Å². The molecular formula is C12H15N3S2. The summed E-state index contributed by atoms with van der Waals surface area (Å²) in [6.07, 6.45) is 1.25. The highest BCUT2D eigenvalue weighted by Gasteiger charge is 2.22. The number of thiazole rings is 1. The van der Waals surface area contributed by atoms with Gasteiger partial charge in [-0.1, -0.05) is 0 Å². The first-order chi connectivity index (χ1) is 8.27. The first kappa shape index (κ1) is 11.2. The lowest BCUT2D eigenvalue weighted by Gasteiger charge is -2.27. The van der Waals surface area contributed by atoms with Crippen LogP contribution in [0.15, 0.2) is 17.6 Å². The van der Waals surface area contributed by atoms with Gasteiger partial charge in [0.15, 0.2) is 0 Å². The number of nitrogens with two attached hydrogens (primary N) is 1. The van der Waals surface area contributed by atoms with Crippen LogP contribution in [0.25, 0.3) is 10.2 Å². The maximum Gasteiger partial charge on any atom is 0.106 e. The predicted molar refractivity (Wildman–Crippen MR) is 78.2 cm³/mol. The van der Waals surface area contributed by atoms with E-state index in [1.165, 1.54) is 22.6 Å². The molecule has 17 heavy (non-hydrogen) atoms. The van der Waals surface area contributed by atoms with Crippen LogP contribution in [0.5, 0.6) is 0 Å². The molecule has 2 heterocycles. The predicted octanol–water partition coefficient (Wildman–Crippen LogP) is 2.82. The summed E-state index contributed by atoms with van der Waals surface area (Å²) < 4.78 is 1.17. The normalized spacial score (nSPS) is 19.9. The van der Waals surface area contributed by atoms with Crippen molar-refractivity contribution in [3.63, 3.8) is 0 Å². The number of thioether (sulfide) groups is 1. The van der Waals surface area contributed by atoms with Gasteiger partial charge in [0.1, 0.15) is 5.52 Å². The molecule has 1 aliphatic heterocycles. The summed E-state index contributed by atoms with van der Waals surface area (Å²) in [5, 5.41) is 0. The number of aromatic nitrogens is 1. The fraction of sp³-hybridized carbons (Fsp3) is 0.417. The summed E-state index contributed by atoms with van der Waals surface area (Å²) in [5.41, 5.74) is 11.0. The Labute approximate surface area is 109 Å². The number of rotatable bonds is 2. The molecule has 3 rings (SSSR count). The zero-order chi connectivity index (χ0) is 11.8. The summed E-state index contributed by atoms with van der Waals surface area (Å²) in [7, 11) is 2.14. The Balaban J connectivity index is 2.01. The van der Waals surface area contributed by atoms with Crippen LogP contribution >= 0.6 is 23.1 Å².